The Bertz CT molecular complexity index is 523. The molecular weight excluding hydrogens is 338 g/mol. The van der Waals surface area contributed by atoms with E-state index >= 15 is 0 Å². The van der Waals surface area contributed by atoms with Gasteiger partial charge in [-0.2, -0.15) is 11.8 Å². The summed E-state index contributed by atoms with van der Waals surface area (Å²) in [6.07, 6.45) is 6.02. The summed E-state index contributed by atoms with van der Waals surface area (Å²) >= 11 is 1.68. The van der Waals surface area contributed by atoms with Crippen molar-refractivity contribution in [1.29, 1.82) is 0 Å². The summed E-state index contributed by atoms with van der Waals surface area (Å²) in [7, 11) is 0. The van der Waals surface area contributed by atoms with Gasteiger partial charge in [0.2, 0.25) is 5.91 Å². The van der Waals surface area contributed by atoms with Crippen LogP contribution in [0, 0.1) is 17.8 Å². The van der Waals surface area contributed by atoms with Gasteiger partial charge in [0.1, 0.15) is 0 Å². The zero-order valence-electron chi connectivity index (χ0n) is 15.1. The van der Waals surface area contributed by atoms with Crippen LogP contribution < -0.4 is 0 Å². The number of carboxylic acid groups (broad SMARTS) is 1. The van der Waals surface area contributed by atoms with E-state index in [1.165, 1.54) is 0 Å². The van der Waals surface area contributed by atoms with E-state index in [0.717, 1.165) is 17.9 Å². The van der Waals surface area contributed by atoms with Crippen molar-refractivity contribution in [3.8, 4) is 11.8 Å². The van der Waals surface area contributed by atoms with Crippen LogP contribution in [-0.2, 0) is 9.59 Å². The highest BCUT2D eigenvalue weighted by Gasteiger charge is 2.28. The lowest BCUT2D eigenvalue weighted by molar-refractivity contribution is -0.137. The SMILES string of the molecule is CC#CC[C@H](C)[C@@H](O)C=C[C@H]1CCC(=O)N1CCSCCCC(=O)O. The molecule has 3 atom stereocenters. The van der Waals surface area contributed by atoms with Crippen molar-refractivity contribution in [2.24, 2.45) is 5.92 Å². The first-order valence-electron chi connectivity index (χ1n) is 8.80. The molecule has 1 amide bonds. The Morgan fingerprint density at radius 1 is 1.48 bits per heavy atom. The Balaban J connectivity index is 2.39. The molecule has 1 aliphatic rings. The zero-order chi connectivity index (χ0) is 18.7. The van der Waals surface area contributed by atoms with Crippen LogP contribution in [0.4, 0.5) is 0 Å². The molecule has 0 aromatic heterocycles. The largest absolute Gasteiger partial charge is 0.481 e. The van der Waals surface area contributed by atoms with E-state index in [-0.39, 0.29) is 24.3 Å². The lowest BCUT2D eigenvalue weighted by atomic mass is 10.00. The number of aliphatic carboxylic acids is 1. The Morgan fingerprint density at radius 3 is 2.92 bits per heavy atom. The second kappa shape index (κ2) is 12.0. The highest BCUT2D eigenvalue weighted by Crippen LogP contribution is 2.21. The Kier molecular flexibility index (Phi) is 10.4. The predicted molar refractivity (Wildman–Crippen MR) is 101 cm³/mol. The summed E-state index contributed by atoms with van der Waals surface area (Å²) in [6.45, 7) is 4.42. The summed E-state index contributed by atoms with van der Waals surface area (Å²) < 4.78 is 0. The maximum absolute atomic E-state index is 12.0. The summed E-state index contributed by atoms with van der Waals surface area (Å²) in [5.41, 5.74) is 0. The first-order valence-corrected chi connectivity index (χ1v) is 9.96. The van der Waals surface area contributed by atoms with Gasteiger partial charge in [-0.1, -0.05) is 19.1 Å². The number of likely N-dealkylation sites (tertiary alicyclic amines) is 1. The third kappa shape index (κ3) is 8.46. The van der Waals surface area contributed by atoms with Crippen molar-refractivity contribution in [2.45, 2.75) is 58.1 Å². The van der Waals surface area contributed by atoms with Gasteiger partial charge in [-0.15, -0.1) is 11.8 Å². The van der Waals surface area contributed by atoms with Crippen LogP contribution in [0.1, 0.15) is 46.0 Å². The summed E-state index contributed by atoms with van der Waals surface area (Å²) in [6, 6.07) is 0.0474. The number of hydrogen-bond donors (Lipinski definition) is 2. The van der Waals surface area contributed by atoms with Crippen molar-refractivity contribution in [2.75, 3.05) is 18.1 Å². The summed E-state index contributed by atoms with van der Waals surface area (Å²) in [4.78, 5) is 24.4. The van der Waals surface area contributed by atoms with E-state index < -0.39 is 12.1 Å². The summed E-state index contributed by atoms with van der Waals surface area (Å²) in [5, 5.41) is 18.8. The molecule has 140 valence electrons. The minimum atomic E-state index is -0.766. The maximum Gasteiger partial charge on any atom is 0.303 e. The fourth-order valence-electron chi connectivity index (χ4n) is 2.65. The molecule has 5 nitrogen and oxygen atoms in total. The second-order valence-electron chi connectivity index (χ2n) is 6.29. The lowest BCUT2D eigenvalue weighted by Gasteiger charge is -2.23. The standard InChI is InChI=1S/C19H29NO4S/c1-3-4-6-15(2)17(21)10-8-16-9-11-18(22)20(16)12-14-25-13-5-7-19(23)24/h8,10,15-17,21H,5-7,9,11-14H2,1-2H3,(H,23,24)/t15-,16-,17-/m0/s1. The van der Waals surface area contributed by atoms with Crippen molar-refractivity contribution >= 4 is 23.6 Å². The highest BCUT2D eigenvalue weighted by molar-refractivity contribution is 7.99. The van der Waals surface area contributed by atoms with Gasteiger partial charge in [0.25, 0.3) is 0 Å². The molecule has 1 fully saturated rings. The molecule has 0 saturated carbocycles. The molecule has 25 heavy (non-hydrogen) atoms. The highest BCUT2D eigenvalue weighted by atomic mass is 32.2. The number of carbonyl (C=O) groups is 2. The van der Waals surface area contributed by atoms with Crippen molar-refractivity contribution in [1.82, 2.24) is 4.90 Å². The van der Waals surface area contributed by atoms with Gasteiger partial charge >= 0.3 is 5.97 Å². The minimum absolute atomic E-state index is 0.0474. The van der Waals surface area contributed by atoms with Crippen LogP contribution in [-0.4, -0.2) is 57.2 Å². The third-order valence-corrected chi connectivity index (χ3v) is 5.29. The van der Waals surface area contributed by atoms with Gasteiger partial charge in [0, 0.05) is 31.6 Å². The van der Waals surface area contributed by atoms with E-state index in [1.54, 1.807) is 24.8 Å². The molecule has 0 aliphatic carbocycles. The molecule has 0 bridgehead atoms. The number of nitrogens with zero attached hydrogens (tertiary/aromatic N) is 1. The minimum Gasteiger partial charge on any atom is -0.481 e. The number of aliphatic hydroxyl groups is 1. The lowest BCUT2D eigenvalue weighted by Crippen LogP contribution is -2.34. The normalized spacial score (nSPS) is 19.7. The molecule has 0 aromatic rings. The van der Waals surface area contributed by atoms with E-state index in [2.05, 4.69) is 11.8 Å². The fraction of sp³-hybridized carbons (Fsp3) is 0.684. The quantitative estimate of drug-likeness (QED) is 0.333. The predicted octanol–water partition coefficient (Wildman–Crippen LogP) is 2.54. The first-order chi connectivity index (χ1) is 12.0. The molecule has 0 unspecified atom stereocenters. The van der Waals surface area contributed by atoms with Gasteiger partial charge in [-0.25, -0.2) is 0 Å². The smallest absolute Gasteiger partial charge is 0.303 e. The van der Waals surface area contributed by atoms with Gasteiger partial charge in [-0.05, 0) is 31.4 Å². The maximum atomic E-state index is 12.0. The molecule has 0 radical (unpaired) electrons. The van der Waals surface area contributed by atoms with Crippen LogP contribution in [0.15, 0.2) is 12.2 Å². The van der Waals surface area contributed by atoms with Gasteiger partial charge in [-0.3, -0.25) is 9.59 Å². The molecule has 1 heterocycles. The van der Waals surface area contributed by atoms with Crippen molar-refractivity contribution < 1.29 is 19.8 Å². The van der Waals surface area contributed by atoms with Gasteiger partial charge in [0.15, 0.2) is 0 Å². The van der Waals surface area contributed by atoms with E-state index in [9.17, 15) is 14.7 Å². The Labute approximate surface area is 154 Å². The number of aliphatic hydroxyl groups excluding tert-OH is 1. The number of rotatable bonds is 11. The Morgan fingerprint density at radius 2 is 2.24 bits per heavy atom. The molecular formula is C19H29NO4S. The zero-order valence-corrected chi connectivity index (χ0v) is 15.9. The average molecular weight is 368 g/mol. The molecule has 1 aliphatic heterocycles. The van der Waals surface area contributed by atoms with Crippen LogP contribution in [0.3, 0.4) is 0 Å². The molecule has 0 aromatic carbocycles. The Hall–Kier alpha value is -1.45. The summed E-state index contributed by atoms with van der Waals surface area (Å²) in [5.74, 6) is 6.87. The number of hydrogen-bond acceptors (Lipinski definition) is 4. The molecule has 6 heteroatoms. The number of carbonyl (C=O) groups excluding carboxylic acids is 1. The van der Waals surface area contributed by atoms with E-state index in [0.29, 0.717) is 25.8 Å². The molecule has 2 N–H and O–H groups in total. The van der Waals surface area contributed by atoms with Crippen LogP contribution in [0.25, 0.3) is 0 Å². The van der Waals surface area contributed by atoms with Crippen molar-refractivity contribution in [3.05, 3.63) is 12.2 Å². The van der Waals surface area contributed by atoms with Crippen LogP contribution in [0.2, 0.25) is 0 Å². The molecule has 0 spiro atoms. The monoisotopic (exact) mass is 367 g/mol. The van der Waals surface area contributed by atoms with E-state index in [1.807, 2.05) is 17.9 Å². The first kappa shape index (κ1) is 21.6. The third-order valence-electron chi connectivity index (χ3n) is 4.24. The molecule has 1 saturated heterocycles. The number of amides is 1. The van der Waals surface area contributed by atoms with Crippen molar-refractivity contribution in [3.63, 3.8) is 0 Å². The van der Waals surface area contributed by atoms with Crippen LogP contribution in [0.5, 0.6) is 0 Å². The van der Waals surface area contributed by atoms with Gasteiger partial charge < -0.3 is 15.1 Å². The second-order valence-corrected chi connectivity index (χ2v) is 7.51. The fourth-order valence-corrected chi connectivity index (χ4v) is 3.53. The topological polar surface area (TPSA) is 77.8 Å². The number of thioether (sulfide) groups is 1. The average Bonchev–Trinajstić information content (AvgIpc) is 2.93. The number of carboxylic acids is 1. The van der Waals surface area contributed by atoms with E-state index in [4.69, 9.17) is 5.11 Å². The molecule has 1 rings (SSSR count). The van der Waals surface area contributed by atoms with Crippen LogP contribution >= 0.6 is 11.8 Å². The van der Waals surface area contributed by atoms with Gasteiger partial charge in [0.05, 0.1) is 12.1 Å².